The van der Waals surface area contributed by atoms with E-state index in [1.807, 2.05) is 6.56 Å². The van der Waals surface area contributed by atoms with Crippen LogP contribution in [0.4, 0.5) is 0 Å². The maximum atomic E-state index is 2.44. The second kappa shape index (κ2) is 8.90. The van der Waals surface area contributed by atoms with Crippen molar-refractivity contribution in [3.8, 4) is 0 Å². The third kappa shape index (κ3) is 5.03. The fourth-order valence-electron chi connectivity index (χ4n) is 2.95. The molecule has 0 bridgehead atoms. The van der Waals surface area contributed by atoms with Crippen LogP contribution in [0.2, 0.25) is 4.13 Å². The van der Waals surface area contributed by atoms with Crippen LogP contribution in [-0.4, -0.2) is 0 Å². The molecule has 2 aliphatic rings. The number of rotatable bonds is 9. The van der Waals surface area contributed by atoms with E-state index in [4.69, 9.17) is 0 Å². The summed E-state index contributed by atoms with van der Waals surface area (Å²) in [5.41, 5.74) is 0. The molecule has 0 saturated carbocycles. The summed E-state index contributed by atoms with van der Waals surface area (Å²) in [5.74, 6) is 0. The molecular formula is C18H27Zr. The van der Waals surface area contributed by atoms with E-state index in [0.717, 1.165) is 0 Å². The van der Waals surface area contributed by atoms with Gasteiger partial charge in [-0.3, -0.25) is 0 Å². The fourth-order valence-corrected chi connectivity index (χ4v) is 10.3. The predicted molar refractivity (Wildman–Crippen MR) is 81.9 cm³/mol. The van der Waals surface area contributed by atoms with Crippen LogP contribution in [0.5, 0.6) is 0 Å². The van der Waals surface area contributed by atoms with Gasteiger partial charge in [0.1, 0.15) is 0 Å². The molecule has 0 aromatic carbocycles. The minimum atomic E-state index is -1.43. The van der Waals surface area contributed by atoms with Gasteiger partial charge in [-0.25, -0.2) is 0 Å². The van der Waals surface area contributed by atoms with E-state index in [-0.39, 0.29) is 0 Å². The van der Waals surface area contributed by atoms with Crippen molar-refractivity contribution in [3.63, 3.8) is 0 Å². The quantitative estimate of drug-likeness (QED) is 0.449. The molecule has 19 heavy (non-hydrogen) atoms. The summed E-state index contributed by atoms with van der Waals surface area (Å²) < 4.78 is 5.23. The van der Waals surface area contributed by atoms with E-state index in [2.05, 4.69) is 43.4 Å². The molecule has 0 saturated heterocycles. The molecule has 2 rings (SSSR count). The molecule has 0 atom stereocenters. The molecule has 1 heteroatoms. The topological polar surface area (TPSA) is 0 Å². The van der Waals surface area contributed by atoms with Crippen LogP contribution in [0.1, 0.15) is 58.3 Å². The van der Waals surface area contributed by atoms with Crippen molar-refractivity contribution < 1.29 is 21.8 Å². The Morgan fingerprint density at radius 1 is 0.842 bits per heavy atom. The second-order valence-corrected chi connectivity index (χ2v) is 12.4. The van der Waals surface area contributed by atoms with Crippen LogP contribution in [0, 0.1) is 0 Å². The van der Waals surface area contributed by atoms with Crippen molar-refractivity contribution in [2.45, 2.75) is 62.4 Å². The molecular weight excluding hydrogens is 307 g/mol. The van der Waals surface area contributed by atoms with Gasteiger partial charge in [0.25, 0.3) is 0 Å². The second-order valence-electron chi connectivity index (χ2n) is 5.64. The zero-order valence-corrected chi connectivity index (χ0v) is 14.8. The zero-order valence-electron chi connectivity index (χ0n) is 12.3. The summed E-state index contributed by atoms with van der Waals surface area (Å²) in [7, 11) is 0. The van der Waals surface area contributed by atoms with Crippen molar-refractivity contribution in [1.29, 1.82) is 0 Å². The first kappa shape index (κ1) is 15.2. The van der Waals surface area contributed by atoms with E-state index in [0.29, 0.717) is 0 Å². The van der Waals surface area contributed by atoms with E-state index >= 15 is 0 Å². The van der Waals surface area contributed by atoms with Gasteiger partial charge in [0.2, 0.25) is 0 Å². The molecule has 0 heterocycles. The van der Waals surface area contributed by atoms with Crippen molar-refractivity contribution in [1.82, 2.24) is 0 Å². The summed E-state index contributed by atoms with van der Waals surface area (Å²) in [6.07, 6.45) is 25.3. The Bertz CT molecular complexity index is 354. The molecule has 0 N–H and O–H groups in total. The predicted octanol–water partition coefficient (Wildman–Crippen LogP) is 6.07. The normalized spacial score (nSPS) is 16.9. The number of unbranched alkanes of at least 4 members (excludes halogenated alkanes) is 5. The van der Waals surface area contributed by atoms with Gasteiger partial charge in [-0.05, 0) is 0 Å². The van der Waals surface area contributed by atoms with Gasteiger partial charge in [-0.2, -0.15) is 0 Å². The van der Waals surface area contributed by atoms with E-state index in [9.17, 15) is 0 Å². The standard InChI is InChI=1S/C8H17.2C5H5.Zr/c1-3-5-7-8-6-4-2;2*1-2-4-5-3-1;/h1,3-8H2,2H3;2*1-3H,4H2;. The van der Waals surface area contributed by atoms with Gasteiger partial charge in [0.05, 0.1) is 0 Å². The first-order chi connectivity index (χ1) is 9.42. The molecule has 0 nitrogen and oxygen atoms in total. The molecule has 0 aromatic rings. The van der Waals surface area contributed by atoms with Gasteiger partial charge in [0, 0.05) is 0 Å². The molecule has 0 aromatic heterocycles. The van der Waals surface area contributed by atoms with Crippen LogP contribution < -0.4 is 0 Å². The van der Waals surface area contributed by atoms with Crippen molar-refractivity contribution in [2.24, 2.45) is 0 Å². The zero-order chi connectivity index (χ0) is 13.3. The van der Waals surface area contributed by atoms with Gasteiger partial charge in [0.15, 0.2) is 0 Å². The van der Waals surface area contributed by atoms with Crippen LogP contribution in [0.3, 0.4) is 0 Å². The SMILES string of the molecule is CCCCCCC[CH2][Zr]([C]1=CC=CC1)[C]1=CC=CC1. The maximum absolute atomic E-state index is 2.44. The molecule has 0 unspecified atom stereocenters. The molecule has 2 aliphatic carbocycles. The number of allylic oxidation sites excluding steroid dienone is 8. The molecule has 0 amide bonds. The average Bonchev–Trinajstić information content (AvgIpc) is 3.11. The Morgan fingerprint density at radius 3 is 1.95 bits per heavy atom. The molecule has 0 spiro atoms. The molecule has 103 valence electrons. The molecule has 0 radical (unpaired) electrons. The third-order valence-corrected chi connectivity index (χ3v) is 11.8. The van der Waals surface area contributed by atoms with Crippen LogP contribution in [0.15, 0.2) is 43.0 Å². The summed E-state index contributed by atoms with van der Waals surface area (Å²) in [5, 5.41) is 0. The fraction of sp³-hybridized carbons (Fsp3) is 0.556. The van der Waals surface area contributed by atoms with Crippen molar-refractivity contribution >= 4 is 0 Å². The average molecular weight is 335 g/mol. The first-order valence-corrected chi connectivity index (χ1v) is 12.2. The van der Waals surface area contributed by atoms with Gasteiger partial charge >= 0.3 is 127 Å². The van der Waals surface area contributed by atoms with Gasteiger partial charge in [-0.1, -0.05) is 0 Å². The summed E-state index contributed by atoms with van der Waals surface area (Å²) in [6.45, 7) is 2.30. The Labute approximate surface area is 127 Å². The van der Waals surface area contributed by atoms with E-state index < -0.39 is 21.8 Å². The van der Waals surface area contributed by atoms with Crippen LogP contribution >= 0.6 is 0 Å². The Balaban J connectivity index is 1.75. The number of hydrogen-bond acceptors (Lipinski definition) is 0. The summed E-state index contributed by atoms with van der Waals surface area (Å²) in [4.78, 5) is 0. The Kier molecular flexibility index (Phi) is 7.14. The first-order valence-electron chi connectivity index (χ1n) is 7.99. The molecule has 0 aliphatic heterocycles. The van der Waals surface area contributed by atoms with Crippen LogP contribution in [0.25, 0.3) is 0 Å². The van der Waals surface area contributed by atoms with Gasteiger partial charge < -0.3 is 0 Å². The van der Waals surface area contributed by atoms with Gasteiger partial charge in [-0.15, -0.1) is 0 Å². The Hall–Kier alpha value is -0.157. The minimum absolute atomic E-state index is 1.27. The third-order valence-electron chi connectivity index (χ3n) is 4.10. The summed E-state index contributed by atoms with van der Waals surface area (Å²) >= 11 is -1.43. The number of hydrogen-bond donors (Lipinski definition) is 0. The monoisotopic (exact) mass is 333 g/mol. The summed E-state index contributed by atoms with van der Waals surface area (Å²) in [6, 6.07) is 0. The molecule has 0 fully saturated rings. The van der Waals surface area contributed by atoms with Crippen LogP contribution in [-0.2, 0) is 21.8 Å². The van der Waals surface area contributed by atoms with Crippen molar-refractivity contribution in [2.75, 3.05) is 0 Å². The van der Waals surface area contributed by atoms with E-state index in [1.54, 1.807) is 4.13 Å². The Morgan fingerprint density at radius 2 is 1.42 bits per heavy atom. The van der Waals surface area contributed by atoms with E-state index in [1.165, 1.54) is 51.4 Å². The van der Waals surface area contributed by atoms with Crippen molar-refractivity contribution in [3.05, 3.63) is 43.0 Å².